The van der Waals surface area contributed by atoms with Crippen molar-refractivity contribution in [1.82, 2.24) is 5.32 Å². The maximum Gasteiger partial charge on any atom is 0.272 e. The molecule has 0 saturated heterocycles. The molecule has 0 aliphatic rings. The minimum absolute atomic E-state index is 0.00979. The molecule has 7 nitrogen and oxygen atoms in total. The minimum Gasteiger partial charge on any atom is -0.493 e. The summed E-state index contributed by atoms with van der Waals surface area (Å²) < 4.78 is 23.9. The van der Waals surface area contributed by atoms with Gasteiger partial charge in [-0.2, -0.15) is 0 Å². The molecule has 0 radical (unpaired) electrons. The number of ether oxygens (including phenoxy) is 2. The van der Waals surface area contributed by atoms with Crippen LogP contribution in [0.25, 0.3) is 6.08 Å². The van der Waals surface area contributed by atoms with Gasteiger partial charge in [-0.25, -0.2) is 4.39 Å². The van der Waals surface area contributed by atoms with Crippen LogP contribution >= 0.6 is 11.8 Å². The number of Topliss-reactive ketones (excluding diaryl/α,β-unsaturated/α-hetero) is 1. The molecule has 0 bridgehead atoms. The number of thioether (sulfide) groups is 1. The number of ketones is 1. The molecule has 0 aliphatic heterocycles. The molecule has 4 aromatic carbocycles. The summed E-state index contributed by atoms with van der Waals surface area (Å²) in [6.45, 7) is 0. The molecule has 9 heteroatoms. The Bertz CT molecular complexity index is 1560. The molecule has 0 fully saturated rings. The number of amides is 2. The topological polar surface area (TPSA) is 93.7 Å². The first kappa shape index (κ1) is 29.1. The summed E-state index contributed by atoms with van der Waals surface area (Å²) in [5, 5.41) is 5.42. The Kier molecular flexibility index (Phi) is 9.90. The summed E-state index contributed by atoms with van der Waals surface area (Å²) in [4.78, 5) is 39.5. The summed E-state index contributed by atoms with van der Waals surface area (Å²) in [6, 6.07) is 26.1. The van der Waals surface area contributed by atoms with E-state index in [9.17, 15) is 18.8 Å². The fourth-order valence-electron chi connectivity index (χ4n) is 3.74. The third kappa shape index (κ3) is 8.06. The van der Waals surface area contributed by atoms with Crippen molar-refractivity contribution in [3.05, 3.63) is 125 Å². The molecule has 0 unspecified atom stereocenters. The lowest BCUT2D eigenvalue weighted by atomic mass is 10.1. The summed E-state index contributed by atoms with van der Waals surface area (Å²) in [5.74, 6) is -0.261. The number of carbonyl (C=O) groups is 3. The van der Waals surface area contributed by atoms with Gasteiger partial charge in [0.15, 0.2) is 17.3 Å². The number of hydrogen-bond donors (Lipinski definition) is 2. The lowest BCUT2D eigenvalue weighted by molar-refractivity contribution is -0.113. The van der Waals surface area contributed by atoms with Crippen LogP contribution in [0.1, 0.15) is 26.3 Å². The van der Waals surface area contributed by atoms with Crippen molar-refractivity contribution in [2.45, 2.75) is 4.90 Å². The highest BCUT2D eigenvalue weighted by Crippen LogP contribution is 2.29. The van der Waals surface area contributed by atoms with Crippen LogP contribution in [-0.4, -0.2) is 37.6 Å². The molecule has 41 heavy (non-hydrogen) atoms. The van der Waals surface area contributed by atoms with Gasteiger partial charge < -0.3 is 20.1 Å². The molecular formula is C32H27FN2O5S. The standard InChI is InChI=1S/C32H27FN2O5S/c1-39-29-17-10-23(19-30(29)40-2)28(36)20-41-26-15-13-25(14-16-26)34-32(38)27(18-21-8-11-24(33)12-9-21)35-31(37)22-6-4-3-5-7-22/h3-19H,20H2,1-2H3,(H,34,38)(H,35,37)/b27-18-. The highest BCUT2D eigenvalue weighted by Gasteiger charge is 2.16. The molecule has 2 amide bonds. The van der Waals surface area contributed by atoms with Crippen molar-refractivity contribution in [2.24, 2.45) is 0 Å². The normalized spacial score (nSPS) is 11.0. The van der Waals surface area contributed by atoms with E-state index in [2.05, 4.69) is 10.6 Å². The number of carbonyl (C=O) groups excluding carboxylic acids is 3. The molecule has 4 aromatic rings. The molecule has 208 valence electrons. The Morgan fingerprint density at radius 1 is 0.805 bits per heavy atom. The molecule has 2 N–H and O–H groups in total. The number of anilines is 1. The Hall–Kier alpha value is -4.89. The molecule has 0 aliphatic carbocycles. The van der Waals surface area contributed by atoms with Crippen molar-refractivity contribution in [3.8, 4) is 11.5 Å². The smallest absolute Gasteiger partial charge is 0.272 e. The van der Waals surface area contributed by atoms with E-state index in [1.807, 2.05) is 0 Å². The molecular weight excluding hydrogens is 543 g/mol. The molecule has 0 saturated carbocycles. The maximum atomic E-state index is 13.4. The van der Waals surface area contributed by atoms with E-state index < -0.39 is 17.6 Å². The second-order valence-corrected chi connectivity index (χ2v) is 9.74. The van der Waals surface area contributed by atoms with Crippen LogP contribution < -0.4 is 20.1 Å². The molecule has 0 aromatic heterocycles. The van der Waals surface area contributed by atoms with E-state index in [-0.39, 0.29) is 17.2 Å². The number of hydrogen-bond acceptors (Lipinski definition) is 6. The number of methoxy groups -OCH3 is 2. The first-order chi connectivity index (χ1) is 19.9. The van der Waals surface area contributed by atoms with Gasteiger partial charge in [0.05, 0.1) is 20.0 Å². The number of benzene rings is 4. The predicted molar refractivity (Wildman–Crippen MR) is 158 cm³/mol. The SMILES string of the molecule is COc1ccc(C(=O)CSc2ccc(NC(=O)/C(=C/c3ccc(F)cc3)NC(=O)c3ccccc3)cc2)cc1OC. The van der Waals surface area contributed by atoms with Crippen LogP contribution in [-0.2, 0) is 4.79 Å². The van der Waals surface area contributed by atoms with Crippen molar-refractivity contribution in [2.75, 3.05) is 25.3 Å². The predicted octanol–water partition coefficient (Wildman–Crippen LogP) is 6.23. The van der Waals surface area contributed by atoms with Crippen LogP contribution in [0.15, 0.2) is 108 Å². The fraction of sp³-hybridized carbons (Fsp3) is 0.0938. The zero-order valence-corrected chi connectivity index (χ0v) is 23.2. The first-order valence-electron chi connectivity index (χ1n) is 12.5. The van der Waals surface area contributed by atoms with Crippen LogP contribution in [0.2, 0.25) is 0 Å². The van der Waals surface area contributed by atoms with Gasteiger partial charge in [-0.3, -0.25) is 14.4 Å². The van der Waals surface area contributed by atoms with Crippen molar-refractivity contribution in [1.29, 1.82) is 0 Å². The molecule has 4 rings (SSSR count). The average Bonchev–Trinajstić information content (AvgIpc) is 3.01. The zero-order valence-electron chi connectivity index (χ0n) is 22.3. The summed E-state index contributed by atoms with van der Waals surface area (Å²) in [6.07, 6.45) is 1.47. The zero-order chi connectivity index (χ0) is 29.2. The van der Waals surface area contributed by atoms with Gasteiger partial charge in [0.1, 0.15) is 11.5 Å². The average molecular weight is 571 g/mol. The summed E-state index contributed by atoms with van der Waals surface area (Å²) >= 11 is 1.36. The van der Waals surface area contributed by atoms with Gasteiger partial charge >= 0.3 is 0 Å². The minimum atomic E-state index is -0.553. The van der Waals surface area contributed by atoms with Gasteiger partial charge in [0, 0.05) is 21.7 Å². The molecule has 0 atom stereocenters. The Morgan fingerprint density at radius 2 is 1.49 bits per heavy atom. The van der Waals surface area contributed by atoms with Crippen molar-refractivity contribution >= 4 is 41.1 Å². The van der Waals surface area contributed by atoms with Crippen molar-refractivity contribution < 1.29 is 28.2 Å². The second-order valence-electron chi connectivity index (χ2n) is 8.69. The Morgan fingerprint density at radius 3 is 2.15 bits per heavy atom. The van der Waals surface area contributed by atoms with Crippen LogP contribution in [0.3, 0.4) is 0 Å². The highest BCUT2D eigenvalue weighted by atomic mass is 32.2. The number of halogens is 1. The highest BCUT2D eigenvalue weighted by molar-refractivity contribution is 8.00. The maximum absolute atomic E-state index is 13.4. The Labute approximate surface area is 241 Å². The summed E-state index contributed by atoms with van der Waals surface area (Å²) in [7, 11) is 3.05. The van der Waals surface area contributed by atoms with Crippen LogP contribution in [0.5, 0.6) is 11.5 Å². The van der Waals surface area contributed by atoms with Crippen LogP contribution in [0, 0.1) is 5.82 Å². The van der Waals surface area contributed by atoms with E-state index in [1.165, 1.54) is 56.3 Å². The lowest BCUT2D eigenvalue weighted by Crippen LogP contribution is -2.30. The first-order valence-corrected chi connectivity index (χ1v) is 13.5. The summed E-state index contributed by atoms with van der Waals surface area (Å²) in [5.41, 5.74) is 1.91. The molecule has 0 heterocycles. The van der Waals surface area contributed by atoms with E-state index in [0.29, 0.717) is 33.9 Å². The van der Waals surface area contributed by atoms with E-state index >= 15 is 0 Å². The van der Waals surface area contributed by atoms with Gasteiger partial charge in [-0.1, -0.05) is 30.3 Å². The van der Waals surface area contributed by atoms with Gasteiger partial charge in [0.25, 0.3) is 11.8 Å². The van der Waals surface area contributed by atoms with E-state index in [4.69, 9.17) is 9.47 Å². The van der Waals surface area contributed by atoms with E-state index in [0.717, 1.165) is 4.90 Å². The lowest BCUT2D eigenvalue weighted by Gasteiger charge is -2.12. The monoisotopic (exact) mass is 570 g/mol. The second kappa shape index (κ2) is 14.0. The molecule has 0 spiro atoms. The third-order valence-electron chi connectivity index (χ3n) is 5.90. The number of nitrogens with one attached hydrogen (secondary N) is 2. The van der Waals surface area contributed by atoms with Gasteiger partial charge in [0.2, 0.25) is 0 Å². The van der Waals surface area contributed by atoms with Gasteiger partial charge in [-0.15, -0.1) is 11.8 Å². The third-order valence-corrected chi connectivity index (χ3v) is 6.91. The Balaban J connectivity index is 1.42. The van der Waals surface area contributed by atoms with E-state index in [1.54, 1.807) is 72.8 Å². The van der Waals surface area contributed by atoms with Gasteiger partial charge in [-0.05, 0) is 78.4 Å². The fourth-order valence-corrected chi connectivity index (χ4v) is 4.54. The van der Waals surface area contributed by atoms with Crippen molar-refractivity contribution in [3.63, 3.8) is 0 Å². The number of rotatable bonds is 11. The quantitative estimate of drug-likeness (QED) is 0.126. The largest absolute Gasteiger partial charge is 0.493 e. The van der Waals surface area contributed by atoms with Crippen LogP contribution in [0.4, 0.5) is 10.1 Å².